The average molecular weight is 276 g/mol. The van der Waals surface area contributed by atoms with Crippen LogP contribution in [0.15, 0.2) is 18.5 Å². The van der Waals surface area contributed by atoms with Gasteiger partial charge in [-0.15, -0.1) is 0 Å². The number of ether oxygens (including phenoxy) is 1. The molecule has 1 aromatic heterocycles. The highest BCUT2D eigenvalue weighted by molar-refractivity contribution is 5.16. The van der Waals surface area contributed by atoms with Crippen LogP contribution in [-0.4, -0.2) is 46.9 Å². The van der Waals surface area contributed by atoms with Crippen LogP contribution in [0.4, 0.5) is 0 Å². The van der Waals surface area contributed by atoms with Gasteiger partial charge in [0, 0.05) is 37.5 Å². The molecule has 1 N–H and O–H groups in total. The fraction of sp³-hybridized carbons (Fsp3) is 0.688. The van der Waals surface area contributed by atoms with Crippen LogP contribution in [0.5, 0.6) is 0 Å². The first-order valence-corrected chi connectivity index (χ1v) is 7.64. The van der Waals surface area contributed by atoms with Crippen LogP contribution >= 0.6 is 0 Å². The highest BCUT2D eigenvalue weighted by Crippen LogP contribution is 2.30. The van der Waals surface area contributed by atoms with Crippen molar-refractivity contribution in [3.05, 3.63) is 29.6 Å². The minimum absolute atomic E-state index is 0.204. The van der Waals surface area contributed by atoms with E-state index in [1.165, 1.54) is 24.0 Å². The van der Waals surface area contributed by atoms with Gasteiger partial charge in [-0.1, -0.05) is 6.07 Å². The van der Waals surface area contributed by atoms with Crippen molar-refractivity contribution in [2.75, 3.05) is 19.8 Å². The molecule has 4 nitrogen and oxygen atoms in total. The molecule has 0 radical (unpaired) electrons. The first kappa shape index (κ1) is 14.0. The molecule has 4 heteroatoms. The van der Waals surface area contributed by atoms with E-state index >= 15 is 0 Å². The standard InChI is InChI=1S/C16H24N2O2/c1-12-7-13(9-17-8-12)10-18-5-2-3-15(18)14-11-20-6-4-16(14)19/h7-9,14-16,19H,2-6,10-11H2,1H3/t14-,15+,16-/m0/s1. The summed E-state index contributed by atoms with van der Waals surface area (Å²) in [5.74, 6) is 0.268. The summed E-state index contributed by atoms with van der Waals surface area (Å²) in [5, 5.41) is 10.2. The van der Waals surface area contributed by atoms with E-state index in [0.717, 1.165) is 19.5 Å². The molecule has 0 spiro atoms. The minimum Gasteiger partial charge on any atom is -0.393 e. The maximum atomic E-state index is 10.2. The summed E-state index contributed by atoms with van der Waals surface area (Å²) >= 11 is 0. The van der Waals surface area contributed by atoms with Crippen molar-refractivity contribution in [3.63, 3.8) is 0 Å². The Bertz CT molecular complexity index is 452. The van der Waals surface area contributed by atoms with Crippen molar-refractivity contribution >= 4 is 0 Å². The predicted octanol–water partition coefficient (Wildman–Crippen LogP) is 1.75. The van der Waals surface area contributed by atoms with Gasteiger partial charge in [-0.2, -0.15) is 0 Å². The SMILES string of the molecule is Cc1cncc(CN2CCC[C@@H]2[C@@H]2COCC[C@@H]2O)c1. The molecular formula is C16H24N2O2. The third kappa shape index (κ3) is 3.03. The molecule has 110 valence electrons. The van der Waals surface area contributed by atoms with Crippen molar-refractivity contribution in [1.82, 2.24) is 9.88 Å². The van der Waals surface area contributed by atoms with Gasteiger partial charge >= 0.3 is 0 Å². The fourth-order valence-electron chi connectivity index (χ4n) is 3.59. The molecule has 0 aliphatic carbocycles. The number of rotatable bonds is 3. The Morgan fingerprint density at radius 1 is 1.40 bits per heavy atom. The lowest BCUT2D eigenvalue weighted by Crippen LogP contribution is -2.45. The Labute approximate surface area is 120 Å². The number of nitrogens with zero attached hydrogens (tertiary/aromatic N) is 2. The number of aliphatic hydroxyl groups excluding tert-OH is 1. The quantitative estimate of drug-likeness (QED) is 0.913. The third-order valence-corrected chi connectivity index (χ3v) is 4.59. The van der Waals surface area contributed by atoms with Crippen LogP contribution in [0.1, 0.15) is 30.4 Å². The van der Waals surface area contributed by atoms with Crippen molar-refractivity contribution in [1.29, 1.82) is 0 Å². The van der Waals surface area contributed by atoms with Crippen molar-refractivity contribution in [2.45, 2.75) is 44.9 Å². The number of hydrogen-bond donors (Lipinski definition) is 1. The molecule has 0 amide bonds. The largest absolute Gasteiger partial charge is 0.393 e. The topological polar surface area (TPSA) is 45.6 Å². The second-order valence-corrected chi connectivity index (χ2v) is 6.15. The van der Waals surface area contributed by atoms with Crippen LogP contribution in [0.3, 0.4) is 0 Å². The summed E-state index contributed by atoms with van der Waals surface area (Å²) in [5.41, 5.74) is 2.47. The first-order valence-electron chi connectivity index (χ1n) is 7.64. The van der Waals surface area contributed by atoms with Crippen LogP contribution in [0.2, 0.25) is 0 Å². The van der Waals surface area contributed by atoms with E-state index in [-0.39, 0.29) is 12.0 Å². The molecule has 3 heterocycles. The molecule has 3 atom stereocenters. The molecule has 20 heavy (non-hydrogen) atoms. The molecule has 0 bridgehead atoms. The molecule has 0 aromatic carbocycles. The van der Waals surface area contributed by atoms with E-state index in [1.807, 2.05) is 12.4 Å². The predicted molar refractivity (Wildman–Crippen MR) is 77.3 cm³/mol. The molecule has 2 aliphatic rings. The van der Waals surface area contributed by atoms with Gasteiger partial charge in [-0.25, -0.2) is 0 Å². The van der Waals surface area contributed by atoms with Crippen LogP contribution < -0.4 is 0 Å². The Balaban J connectivity index is 1.69. The smallest absolute Gasteiger partial charge is 0.0627 e. The van der Waals surface area contributed by atoms with Gasteiger partial charge in [0.15, 0.2) is 0 Å². The Kier molecular flexibility index (Phi) is 4.34. The molecule has 0 saturated carbocycles. The van der Waals surface area contributed by atoms with E-state index in [2.05, 4.69) is 22.9 Å². The van der Waals surface area contributed by atoms with Crippen LogP contribution in [-0.2, 0) is 11.3 Å². The number of aryl methyl sites for hydroxylation is 1. The second-order valence-electron chi connectivity index (χ2n) is 6.15. The zero-order chi connectivity index (χ0) is 13.9. The molecule has 3 rings (SSSR count). The fourth-order valence-corrected chi connectivity index (χ4v) is 3.59. The van der Waals surface area contributed by atoms with Gasteiger partial charge in [0.05, 0.1) is 12.7 Å². The minimum atomic E-state index is -0.204. The van der Waals surface area contributed by atoms with Gasteiger partial charge in [-0.3, -0.25) is 9.88 Å². The van der Waals surface area contributed by atoms with Crippen LogP contribution in [0.25, 0.3) is 0 Å². The summed E-state index contributed by atoms with van der Waals surface area (Å²) in [6.07, 6.45) is 6.81. The summed E-state index contributed by atoms with van der Waals surface area (Å²) in [4.78, 5) is 6.78. The van der Waals surface area contributed by atoms with E-state index < -0.39 is 0 Å². The number of likely N-dealkylation sites (tertiary alicyclic amines) is 1. The normalized spacial score (nSPS) is 31.6. The summed E-state index contributed by atoms with van der Waals surface area (Å²) in [7, 11) is 0. The Morgan fingerprint density at radius 3 is 3.10 bits per heavy atom. The van der Waals surface area contributed by atoms with Gasteiger partial charge < -0.3 is 9.84 Å². The average Bonchev–Trinajstić information content (AvgIpc) is 2.87. The highest BCUT2D eigenvalue weighted by Gasteiger charge is 2.37. The van der Waals surface area contributed by atoms with Gasteiger partial charge in [0.25, 0.3) is 0 Å². The molecule has 2 aliphatic heterocycles. The van der Waals surface area contributed by atoms with Gasteiger partial charge in [0.2, 0.25) is 0 Å². The summed E-state index contributed by atoms with van der Waals surface area (Å²) in [6, 6.07) is 2.65. The maximum absolute atomic E-state index is 10.2. The molecule has 1 aromatic rings. The zero-order valence-corrected chi connectivity index (χ0v) is 12.2. The third-order valence-electron chi connectivity index (χ3n) is 4.59. The second kappa shape index (κ2) is 6.20. The first-order chi connectivity index (χ1) is 9.74. The highest BCUT2D eigenvalue weighted by atomic mass is 16.5. The van der Waals surface area contributed by atoms with Gasteiger partial charge in [-0.05, 0) is 43.9 Å². The maximum Gasteiger partial charge on any atom is 0.0627 e. The number of aromatic nitrogens is 1. The van der Waals surface area contributed by atoms with Crippen LogP contribution in [0, 0.1) is 12.8 Å². The Hall–Kier alpha value is -0.970. The van der Waals surface area contributed by atoms with E-state index in [1.54, 1.807) is 0 Å². The van der Waals surface area contributed by atoms with E-state index in [9.17, 15) is 5.11 Å². The van der Waals surface area contributed by atoms with Gasteiger partial charge in [0.1, 0.15) is 0 Å². The van der Waals surface area contributed by atoms with Crippen molar-refractivity contribution in [3.8, 4) is 0 Å². The number of hydrogen-bond acceptors (Lipinski definition) is 4. The van der Waals surface area contributed by atoms with Crippen molar-refractivity contribution in [2.24, 2.45) is 5.92 Å². The molecule has 2 fully saturated rings. The monoisotopic (exact) mass is 276 g/mol. The lowest BCUT2D eigenvalue weighted by atomic mass is 9.89. The molecule has 2 saturated heterocycles. The van der Waals surface area contributed by atoms with Crippen molar-refractivity contribution < 1.29 is 9.84 Å². The number of pyridine rings is 1. The lowest BCUT2D eigenvalue weighted by molar-refractivity contribution is -0.0636. The molecule has 0 unspecified atom stereocenters. The van der Waals surface area contributed by atoms with E-state index in [0.29, 0.717) is 19.3 Å². The summed E-state index contributed by atoms with van der Waals surface area (Å²) < 4.78 is 5.58. The zero-order valence-electron chi connectivity index (χ0n) is 12.2. The lowest BCUT2D eigenvalue weighted by Gasteiger charge is -2.37. The number of aliphatic hydroxyl groups is 1. The van der Waals surface area contributed by atoms with E-state index in [4.69, 9.17) is 4.74 Å². The molecular weight excluding hydrogens is 252 g/mol. The Morgan fingerprint density at radius 2 is 2.30 bits per heavy atom. The summed E-state index contributed by atoms with van der Waals surface area (Å²) in [6.45, 7) is 5.53.